The highest BCUT2D eigenvalue weighted by Gasteiger charge is 2.41. The Balaban J connectivity index is 1.84. The van der Waals surface area contributed by atoms with E-state index >= 15 is 0 Å². The lowest BCUT2D eigenvalue weighted by Crippen LogP contribution is -2.60. The van der Waals surface area contributed by atoms with Crippen LogP contribution in [-0.4, -0.2) is 41.3 Å². The maximum atomic E-state index is 12.9. The fourth-order valence-corrected chi connectivity index (χ4v) is 3.43. The van der Waals surface area contributed by atoms with E-state index < -0.39 is 23.4 Å². The number of carbonyl (C=O) groups excluding carboxylic acids is 4. The number of hydrogen-bond acceptors (Lipinski definition) is 6. The van der Waals surface area contributed by atoms with E-state index in [2.05, 4.69) is 10.6 Å². The molecule has 0 atom stereocenters. The fourth-order valence-electron chi connectivity index (χ4n) is 3.43. The summed E-state index contributed by atoms with van der Waals surface area (Å²) in [5, 5.41) is 4.91. The highest BCUT2D eigenvalue weighted by Crippen LogP contribution is 2.26. The van der Waals surface area contributed by atoms with Crippen LogP contribution in [-0.2, 0) is 21.0 Å². The van der Waals surface area contributed by atoms with E-state index in [1.54, 1.807) is 63.2 Å². The molecule has 9 nitrogen and oxygen atoms in total. The van der Waals surface area contributed by atoms with Gasteiger partial charge < -0.3 is 14.8 Å². The zero-order valence-corrected chi connectivity index (χ0v) is 19.7. The van der Waals surface area contributed by atoms with E-state index in [1.165, 1.54) is 20.1 Å². The van der Waals surface area contributed by atoms with Gasteiger partial charge in [0.05, 0.1) is 7.11 Å². The molecule has 1 aliphatic rings. The van der Waals surface area contributed by atoms with Crippen LogP contribution < -0.4 is 20.1 Å². The Morgan fingerprint density at radius 2 is 1.76 bits per heavy atom. The van der Waals surface area contributed by atoms with E-state index in [0.29, 0.717) is 28.3 Å². The monoisotopic (exact) mass is 465 g/mol. The molecule has 178 valence electrons. The number of barbiturate groups is 1. The molecule has 0 saturated carbocycles. The van der Waals surface area contributed by atoms with Crippen molar-refractivity contribution in [1.82, 2.24) is 10.2 Å². The van der Waals surface area contributed by atoms with Crippen LogP contribution in [0.25, 0.3) is 6.08 Å². The summed E-state index contributed by atoms with van der Waals surface area (Å²) in [7, 11) is 1.53. The van der Waals surface area contributed by atoms with Crippen LogP contribution in [0, 0.1) is 0 Å². The highest BCUT2D eigenvalue weighted by molar-refractivity contribution is 6.31. The number of nitrogens with zero attached hydrogens (tertiary/aromatic N) is 1. The third-order valence-electron chi connectivity index (χ3n) is 4.96. The maximum absolute atomic E-state index is 12.9. The first kappa shape index (κ1) is 24.5. The van der Waals surface area contributed by atoms with Gasteiger partial charge in [-0.05, 0) is 68.8 Å². The van der Waals surface area contributed by atoms with Crippen LogP contribution in [0.1, 0.15) is 38.8 Å². The average Bonchev–Trinajstić information content (AvgIpc) is 2.74. The molecule has 2 aromatic rings. The van der Waals surface area contributed by atoms with Gasteiger partial charge >= 0.3 is 6.03 Å². The van der Waals surface area contributed by atoms with E-state index in [4.69, 9.17) is 9.47 Å². The van der Waals surface area contributed by atoms with Crippen molar-refractivity contribution in [2.24, 2.45) is 0 Å². The number of ether oxygens (including phenoxy) is 2. The molecule has 34 heavy (non-hydrogen) atoms. The van der Waals surface area contributed by atoms with E-state index in [-0.39, 0.29) is 18.1 Å². The lowest BCUT2D eigenvalue weighted by Gasteiger charge is -2.36. The Kier molecular flexibility index (Phi) is 7.05. The molecule has 1 fully saturated rings. The average molecular weight is 466 g/mol. The zero-order valence-electron chi connectivity index (χ0n) is 19.7. The quantitative estimate of drug-likeness (QED) is 0.499. The molecular formula is C25H27N3O6. The van der Waals surface area contributed by atoms with Crippen molar-refractivity contribution in [2.45, 2.75) is 39.8 Å². The van der Waals surface area contributed by atoms with Crippen LogP contribution in [0.5, 0.6) is 11.5 Å². The van der Waals surface area contributed by atoms with Crippen molar-refractivity contribution in [3.05, 3.63) is 59.2 Å². The smallest absolute Gasteiger partial charge is 0.331 e. The number of hydrogen-bond donors (Lipinski definition) is 2. The first-order valence-electron chi connectivity index (χ1n) is 10.6. The van der Waals surface area contributed by atoms with Crippen molar-refractivity contribution in [3.8, 4) is 11.5 Å². The molecule has 0 spiro atoms. The number of amides is 5. The normalized spacial score (nSPS) is 15.3. The highest BCUT2D eigenvalue weighted by atomic mass is 16.5. The SMILES string of the molecule is COc1ccc(C=C2C(=O)NC(=O)N(C(C)(C)C)C2=O)cc1COc1ccc(NC(C)=O)cc1. The van der Waals surface area contributed by atoms with E-state index in [0.717, 1.165) is 4.90 Å². The van der Waals surface area contributed by atoms with Gasteiger partial charge in [-0.1, -0.05) is 6.07 Å². The molecule has 3 rings (SSSR count). The summed E-state index contributed by atoms with van der Waals surface area (Å²) in [6.45, 7) is 6.73. The summed E-state index contributed by atoms with van der Waals surface area (Å²) in [6, 6.07) is 11.3. The topological polar surface area (TPSA) is 114 Å². The van der Waals surface area contributed by atoms with Crippen molar-refractivity contribution >= 4 is 35.5 Å². The van der Waals surface area contributed by atoms with Crippen LogP contribution in [0.4, 0.5) is 10.5 Å². The van der Waals surface area contributed by atoms with Crippen LogP contribution in [0.15, 0.2) is 48.0 Å². The lowest BCUT2D eigenvalue weighted by atomic mass is 10.0. The minimum absolute atomic E-state index is 0.139. The zero-order chi connectivity index (χ0) is 25.0. The van der Waals surface area contributed by atoms with E-state index in [9.17, 15) is 19.2 Å². The van der Waals surface area contributed by atoms with Crippen molar-refractivity contribution in [1.29, 1.82) is 0 Å². The van der Waals surface area contributed by atoms with Gasteiger partial charge in [-0.15, -0.1) is 0 Å². The van der Waals surface area contributed by atoms with Gasteiger partial charge in [-0.3, -0.25) is 24.6 Å². The molecule has 1 heterocycles. The predicted molar refractivity (Wildman–Crippen MR) is 126 cm³/mol. The van der Waals surface area contributed by atoms with Crippen molar-refractivity contribution < 1.29 is 28.7 Å². The van der Waals surface area contributed by atoms with Crippen LogP contribution >= 0.6 is 0 Å². The molecule has 0 aromatic heterocycles. The van der Waals surface area contributed by atoms with Gasteiger partial charge in [0.15, 0.2) is 0 Å². The first-order chi connectivity index (χ1) is 16.0. The van der Waals surface area contributed by atoms with Gasteiger partial charge in [0, 0.05) is 23.7 Å². The molecule has 2 N–H and O–H groups in total. The third kappa shape index (κ3) is 5.61. The molecule has 0 aliphatic carbocycles. The summed E-state index contributed by atoms with van der Waals surface area (Å²) >= 11 is 0. The number of nitrogens with one attached hydrogen (secondary N) is 2. The van der Waals surface area contributed by atoms with Gasteiger partial charge in [0.1, 0.15) is 23.7 Å². The Hall–Kier alpha value is -4.14. The van der Waals surface area contributed by atoms with Crippen molar-refractivity contribution in [3.63, 3.8) is 0 Å². The molecule has 2 aromatic carbocycles. The van der Waals surface area contributed by atoms with Crippen LogP contribution in [0.2, 0.25) is 0 Å². The molecule has 0 bridgehead atoms. The number of carbonyl (C=O) groups is 4. The number of methoxy groups -OCH3 is 1. The Morgan fingerprint density at radius 1 is 1.09 bits per heavy atom. The number of rotatable bonds is 6. The molecule has 5 amide bonds. The summed E-state index contributed by atoms with van der Waals surface area (Å²) in [6.07, 6.45) is 1.44. The number of benzene rings is 2. The van der Waals surface area contributed by atoms with E-state index in [1.807, 2.05) is 0 Å². The number of anilines is 1. The van der Waals surface area contributed by atoms with Crippen molar-refractivity contribution in [2.75, 3.05) is 12.4 Å². The van der Waals surface area contributed by atoms with Gasteiger partial charge in [0.2, 0.25) is 5.91 Å². The lowest BCUT2D eigenvalue weighted by molar-refractivity contribution is -0.133. The third-order valence-corrected chi connectivity index (χ3v) is 4.96. The molecule has 9 heteroatoms. The summed E-state index contributed by atoms with van der Waals surface area (Å²) in [5.74, 6) is -0.411. The van der Waals surface area contributed by atoms with Crippen LogP contribution in [0.3, 0.4) is 0 Å². The fraction of sp³-hybridized carbons (Fsp3) is 0.280. The Morgan fingerprint density at radius 3 is 2.35 bits per heavy atom. The minimum atomic E-state index is -0.796. The van der Waals surface area contributed by atoms with Gasteiger partial charge in [-0.2, -0.15) is 0 Å². The summed E-state index contributed by atoms with van der Waals surface area (Å²) < 4.78 is 11.3. The Labute approximate surface area is 197 Å². The van der Waals surface area contributed by atoms with Gasteiger partial charge in [-0.25, -0.2) is 4.79 Å². The second kappa shape index (κ2) is 9.78. The minimum Gasteiger partial charge on any atom is -0.496 e. The number of imide groups is 2. The largest absolute Gasteiger partial charge is 0.496 e. The summed E-state index contributed by atoms with van der Waals surface area (Å²) in [4.78, 5) is 49.7. The second-order valence-electron chi connectivity index (χ2n) is 8.69. The Bertz CT molecular complexity index is 1160. The molecule has 1 aliphatic heterocycles. The second-order valence-corrected chi connectivity index (χ2v) is 8.69. The van der Waals surface area contributed by atoms with Gasteiger partial charge in [0.25, 0.3) is 11.8 Å². The summed E-state index contributed by atoms with van der Waals surface area (Å²) in [5.41, 5.74) is 0.983. The predicted octanol–water partition coefficient (Wildman–Crippen LogP) is 3.49. The molecule has 0 radical (unpaired) electrons. The standard InChI is InChI=1S/C25H27N3O6/c1-15(29)26-18-7-9-19(10-8-18)34-14-17-12-16(6-11-21(17)33-5)13-20-22(30)27-24(32)28(23(20)31)25(2,3)4/h6-13H,14H2,1-5H3,(H,26,29)(H,27,30,32). The molecule has 1 saturated heterocycles. The number of urea groups is 1. The molecular weight excluding hydrogens is 438 g/mol. The maximum Gasteiger partial charge on any atom is 0.331 e. The molecule has 0 unspecified atom stereocenters. The first-order valence-corrected chi connectivity index (χ1v) is 10.6.